The van der Waals surface area contributed by atoms with E-state index in [-0.39, 0.29) is 12.0 Å². The molecule has 1 aromatic carbocycles. The van der Waals surface area contributed by atoms with Crippen LogP contribution in [0.4, 0.5) is 0 Å². The Bertz CT molecular complexity index is 769. The number of carbonyl (C=O) groups is 1. The minimum atomic E-state index is -0.257. The van der Waals surface area contributed by atoms with Crippen molar-refractivity contribution in [1.29, 1.82) is 0 Å². The Morgan fingerprint density at radius 2 is 2.35 bits per heavy atom. The molecular formula is C16H19ClN4O2. The zero-order chi connectivity index (χ0) is 16.4. The second-order valence-corrected chi connectivity index (χ2v) is 5.96. The predicted molar refractivity (Wildman–Crippen MR) is 90.7 cm³/mol. The number of hydrogen-bond acceptors (Lipinski definition) is 4. The number of rotatable bonds is 3. The first-order valence-corrected chi connectivity index (χ1v) is 7.92. The summed E-state index contributed by atoms with van der Waals surface area (Å²) in [4.78, 5) is 12.4. The summed E-state index contributed by atoms with van der Waals surface area (Å²) in [5, 5.41) is 7.35. The van der Waals surface area contributed by atoms with Crippen molar-refractivity contribution in [3.8, 4) is 0 Å². The molecule has 7 heteroatoms. The molecule has 3 N–H and O–H groups in total. The van der Waals surface area contributed by atoms with E-state index in [0.29, 0.717) is 10.7 Å². The van der Waals surface area contributed by atoms with Crippen LogP contribution in [0.1, 0.15) is 41.4 Å². The highest BCUT2D eigenvalue weighted by molar-refractivity contribution is 6.35. The van der Waals surface area contributed by atoms with E-state index < -0.39 is 0 Å². The molecule has 2 aromatic rings. The molecule has 0 fully saturated rings. The largest absolute Gasteiger partial charge is 0.377 e. The molecule has 0 spiro atoms. The number of hydrogen-bond donors (Lipinski definition) is 2. The molecule has 23 heavy (non-hydrogen) atoms. The van der Waals surface area contributed by atoms with Gasteiger partial charge in [0.15, 0.2) is 0 Å². The van der Waals surface area contributed by atoms with Crippen LogP contribution in [0.3, 0.4) is 0 Å². The van der Waals surface area contributed by atoms with Gasteiger partial charge >= 0.3 is 0 Å². The molecule has 122 valence electrons. The number of nitrogens with two attached hydrogens (primary N) is 1. The van der Waals surface area contributed by atoms with Crippen LogP contribution in [0.25, 0.3) is 10.9 Å². The number of hydrazone groups is 1. The fraction of sp³-hybridized carbons (Fsp3) is 0.375. The van der Waals surface area contributed by atoms with Gasteiger partial charge in [0, 0.05) is 29.6 Å². The molecule has 0 radical (unpaired) electrons. The van der Waals surface area contributed by atoms with Crippen molar-refractivity contribution < 1.29 is 9.53 Å². The molecule has 1 aromatic heterocycles. The van der Waals surface area contributed by atoms with Gasteiger partial charge in [-0.15, -0.1) is 0 Å². The number of aryl methyl sites for hydroxylation is 1. The van der Waals surface area contributed by atoms with Crippen LogP contribution >= 0.6 is 11.6 Å². The van der Waals surface area contributed by atoms with E-state index in [0.717, 1.165) is 42.3 Å². The zero-order valence-electron chi connectivity index (χ0n) is 12.9. The highest BCUT2D eigenvalue weighted by atomic mass is 35.5. The van der Waals surface area contributed by atoms with E-state index in [1.165, 1.54) is 6.34 Å². The molecule has 0 saturated heterocycles. The standard InChI is InChI=1S/C16H19ClN4O2/c1-23-14-4-2-3-7-21-13(16(22)19-9-20-18)8-11-12(17)6-5-10(14)15(11)21/h5-6,8-9,14H,2-4,7,18H2,1H3,(H,19,20,22). The predicted octanol–water partition coefficient (Wildman–Crippen LogP) is 2.80. The van der Waals surface area contributed by atoms with Gasteiger partial charge in [-0.05, 0) is 31.4 Å². The van der Waals surface area contributed by atoms with Gasteiger partial charge in [0.1, 0.15) is 12.0 Å². The van der Waals surface area contributed by atoms with Gasteiger partial charge in [-0.25, -0.2) is 0 Å². The Morgan fingerprint density at radius 3 is 3.09 bits per heavy atom. The Labute approximate surface area is 139 Å². The van der Waals surface area contributed by atoms with Crippen LogP contribution in [-0.2, 0) is 11.3 Å². The Balaban J connectivity index is 2.23. The van der Waals surface area contributed by atoms with Crippen molar-refractivity contribution in [2.45, 2.75) is 31.9 Å². The summed E-state index contributed by atoms with van der Waals surface area (Å²) in [6.45, 7) is 0.760. The minimum Gasteiger partial charge on any atom is -0.377 e. The summed E-state index contributed by atoms with van der Waals surface area (Å²) in [6.07, 6.45) is 4.15. The molecule has 0 bridgehead atoms. The van der Waals surface area contributed by atoms with E-state index in [1.807, 2.05) is 22.8 Å². The summed E-state index contributed by atoms with van der Waals surface area (Å²) in [5.41, 5.74) is 2.59. The first-order valence-electron chi connectivity index (χ1n) is 7.54. The number of ether oxygens (including phenoxy) is 1. The van der Waals surface area contributed by atoms with E-state index in [1.54, 1.807) is 7.11 Å². The molecule has 1 aliphatic heterocycles. The number of aromatic nitrogens is 1. The number of methoxy groups -OCH3 is 1. The van der Waals surface area contributed by atoms with Crippen molar-refractivity contribution >= 4 is 34.7 Å². The second-order valence-electron chi connectivity index (χ2n) is 5.55. The molecule has 1 atom stereocenters. The number of amides is 1. The average Bonchev–Trinajstić information content (AvgIpc) is 2.92. The van der Waals surface area contributed by atoms with Crippen LogP contribution in [0.2, 0.25) is 5.02 Å². The topological polar surface area (TPSA) is 81.6 Å². The highest BCUT2D eigenvalue weighted by Crippen LogP contribution is 2.37. The molecule has 0 saturated carbocycles. The first-order chi connectivity index (χ1) is 11.2. The lowest BCUT2D eigenvalue weighted by Gasteiger charge is -2.22. The number of nitrogens with zero attached hydrogens (tertiary/aromatic N) is 2. The summed E-state index contributed by atoms with van der Waals surface area (Å²) < 4.78 is 7.67. The molecule has 1 amide bonds. The summed E-state index contributed by atoms with van der Waals surface area (Å²) >= 11 is 6.36. The number of nitrogens with one attached hydrogen (secondary N) is 1. The smallest absolute Gasteiger partial charge is 0.273 e. The van der Waals surface area contributed by atoms with Crippen molar-refractivity contribution in [3.05, 3.63) is 34.5 Å². The fourth-order valence-corrected chi connectivity index (χ4v) is 3.43. The fourth-order valence-electron chi connectivity index (χ4n) is 3.22. The van der Waals surface area contributed by atoms with E-state index >= 15 is 0 Å². The van der Waals surface area contributed by atoms with Gasteiger partial charge in [0.2, 0.25) is 0 Å². The van der Waals surface area contributed by atoms with Gasteiger partial charge in [-0.3, -0.25) is 4.79 Å². The van der Waals surface area contributed by atoms with Crippen LogP contribution < -0.4 is 11.2 Å². The molecule has 6 nitrogen and oxygen atoms in total. The average molecular weight is 335 g/mol. The Morgan fingerprint density at radius 1 is 1.52 bits per heavy atom. The number of benzene rings is 1. The van der Waals surface area contributed by atoms with Crippen molar-refractivity contribution in [2.75, 3.05) is 7.11 Å². The van der Waals surface area contributed by atoms with Crippen molar-refractivity contribution in [1.82, 2.24) is 9.88 Å². The first kappa shape index (κ1) is 15.8. The van der Waals surface area contributed by atoms with Crippen molar-refractivity contribution in [2.24, 2.45) is 10.9 Å². The summed E-state index contributed by atoms with van der Waals surface area (Å²) in [7, 11) is 1.71. The molecule has 1 unspecified atom stereocenters. The maximum absolute atomic E-state index is 12.4. The van der Waals surface area contributed by atoms with Gasteiger partial charge in [-0.1, -0.05) is 17.7 Å². The van der Waals surface area contributed by atoms with Gasteiger partial charge in [0.25, 0.3) is 5.91 Å². The number of halogens is 1. The SMILES string of the molecule is COC1CCCCn2c(C(=O)NC=NN)cc3c(Cl)ccc1c32. The van der Waals surface area contributed by atoms with E-state index in [2.05, 4.69) is 10.4 Å². The quantitative estimate of drug-likeness (QED) is 0.392. The van der Waals surface area contributed by atoms with Crippen LogP contribution in [-0.4, -0.2) is 23.9 Å². The van der Waals surface area contributed by atoms with Crippen LogP contribution in [0.15, 0.2) is 23.3 Å². The monoisotopic (exact) mass is 334 g/mol. The van der Waals surface area contributed by atoms with Crippen LogP contribution in [0, 0.1) is 0 Å². The van der Waals surface area contributed by atoms with Gasteiger partial charge in [-0.2, -0.15) is 5.10 Å². The highest BCUT2D eigenvalue weighted by Gasteiger charge is 2.24. The maximum Gasteiger partial charge on any atom is 0.273 e. The van der Waals surface area contributed by atoms with Gasteiger partial charge in [0.05, 0.1) is 11.6 Å². The Kier molecular flexibility index (Phi) is 4.54. The lowest BCUT2D eigenvalue weighted by atomic mass is 9.99. The third-order valence-electron chi connectivity index (χ3n) is 4.27. The lowest BCUT2D eigenvalue weighted by molar-refractivity contribution is 0.0919. The zero-order valence-corrected chi connectivity index (χ0v) is 13.6. The minimum absolute atomic E-state index is 0.00484. The van der Waals surface area contributed by atoms with Crippen molar-refractivity contribution in [3.63, 3.8) is 0 Å². The third-order valence-corrected chi connectivity index (χ3v) is 4.60. The maximum atomic E-state index is 12.4. The molecule has 1 aliphatic rings. The number of carbonyl (C=O) groups excluding carboxylic acids is 1. The summed E-state index contributed by atoms with van der Waals surface area (Å²) in [5.74, 6) is 4.79. The van der Waals surface area contributed by atoms with E-state index in [9.17, 15) is 4.79 Å². The molecule has 0 aliphatic carbocycles. The lowest BCUT2D eigenvalue weighted by Crippen LogP contribution is -2.25. The second kappa shape index (κ2) is 6.60. The van der Waals surface area contributed by atoms with Crippen LogP contribution in [0.5, 0.6) is 0 Å². The molecular weight excluding hydrogens is 316 g/mol. The van der Waals surface area contributed by atoms with E-state index in [4.69, 9.17) is 22.2 Å². The normalized spacial score (nSPS) is 18.1. The molecule has 2 heterocycles. The van der Waals surface area contributed by atoms with Gasteiger partial charge < -0.3 is 20.5 Å². The Hall–Kier alpha value is -2.05. The molecule has 3 rings (SSSR count). The third kappa shape index (κ3) is 2.80. The summed E-state index contributed by atoms with van der Waals surface area (Å²) in [6, 6.07) is 5.67.